The maximum atomic E-state index is 12.2. The summed E-state index contributed by atoms with van der Waals surface area (Å²) in [5, 5.41) is 6.74. The van der Waals surface area contributed by atoms with Gasteiger partial charge in [0.1, 0.15) is 0 Å². The third kappa shape index (κ3) is 2.04. The van der Waals surface area contributed by atoms with E-state index >= 15 is 0 Å². The zero-order chi connectivity index (χ0) is 14.3. The summed E-state index contributed by atoms with van der Waals surface area (Å²) < 4.78 is 1.51. The van der Waals surface area contributed by atoms with Crippen LogP contribution in [0.1, 0.15) is 15.9 Å². The maximum Gasteiger partial charge on any atom is 0.326 e. The van der Waals surface area contributed by atoms with E-state index in [0.717, 1.165) is 16.8 Å². The molecule has 0 fully saturated rings. The van der Waals surface area contributed by atoms with Gasteiger partial charge < -0.3 is 10.3 Å². The van der Waals surface area contributed by atoms with Crippen molar-refractivity contribution in [1.82, 2.24) is 9.55 Å². The first-order valence-corrected chi connectivity index (χ1v) is 7.03. The number of aromatic amines is 1. The lowest BCUT2D eigenvalue weighted by atomic mass is 10.2. The summed E-state index contributed by atoms with van der Waals surface area (Å²) in [5.41, 5.74) is 3.63. The maximum absolute atomic E-state index is 12.2. The Kier molecular flexibility index (Phi) is 2.94. The topological polar surface area (TPSA) is 66.9 Å². The van der Waals surface area contributed by atoms with Crippen LogP contribution in [-0.2, 0) is 7.05 Å². The molecule has 0 radical (unpaired) electrons. The zero-order valence-corrected chi connectivity index (χ0v) is 11.9. The van der Waals surface area contributed by atoms with Crippen molar-refractivity contribution >= 4 is 34.0 Å². The van der Waals surface area contributed by atoms with Gasteiger partial charge in [0.25, 0.3) is 5.91 Å². The summed E-state index contributed by atoms with van der Waals surface area (Å²) in [6.07, 6.45) is 0. The number of aromatic nitrogens is 2. The molecule has 0 atom stereocenters. The number of amides is 1. The monoisotopic (exact) mass is 287 g/mol. The fraction of sp³-hybridized carbons (Fsp3) is 0.143. The van der Waals surface area contributed by atoms with Gasteiger partial charge in [-0.1, -0.05) is 0 Å². The lowest BCUT2D eigenvalue weighted by Crippen LogP contribution is -2.12. The second-order valence-corrected chi connectivity index (χ2v) is 5.39. The Balaban J connectivity index is 1.96. The summed E-state index contributed by atoms with van der Waals surface area (Å²) >= 11 is 1.55. The first-order chi connectivity index (χ1) is 9.56. The van der Waals surface area contributed by atoms with E-state index in [2.05, 4.69) is 10.3 Å². The minimum atomic E-state index is -0.189. The van der Waals surface area contributed by atoms with Crippen molar-refractivity contribution in [3.63, 3.8) is 0 Å². The molecule has 102 valence electrons. The molecule has 0 aliphatic heterocycles. The molecule has 20 heavy (non-hydrogen) atoms. The number of aryl methyl sites for hydroxylation is 2. The Hall–Kier alpha value is -2.34. The van der Waals surface area contributed by atoms with Gasteiger partial charge in [0.05, 0.1) is 16.7 Å². The number of hydrogen-bond donors (Lipinski definition) is 2. The molecule has 6 heteroatoms. The number of H-pyrrole nitrogens is 1. The average molecular weight is 287 g/mol. The number of thiophene rings is 1. The first kappa shape index (κ1) is 12.7. The van der Waals surface area contributed by atoms with Gasteiger partial charge in [0.2, 0.25) is 0 Å². The number of nitrogens with one attached hydrogen (secondary N) is 2. The summed E-state index contributed by atoms with van der Waals surface area (Å²) in [7, 11) is 1.69. The summed E-state index contributed by atoms with van der Waals surface area (Å²) in [5.74, 6) is -0.182. The summed E-state index contributed by atoms with van der Waals surface area (Å²) in [4.78, 5) is 26.4. The van der Waals surface area contributed by atoms with E-state index < -0.39 is 0 Å². The van der Waals surface area contributed by atoms with Crippen molar-refractivity contribution in [2.45, 2.75) is 6.92 Å². The molecule has 2 heterocycles. The third-order valence-electron chi connectivity index (χ3n) is 3.27. The normalized spacial score (nSPS) is 10.9. The number of imidazole rings is 1. The van der Waals surface area contributed by atoms with Gasteiger partial charge in [-0.15, -0.1) is 11.3 Å². The highest BCUT2D eigenvalue weighted by Crippen LogP contribution is 2.20. The van der Waals surface area contributed by atoms with E-state index in [9.17, 15) is 9.59 Å². The number of rotatable bonds is 2. The van der Waals surface area contributed by atoms with Crippen LogP contribution in [0.25, 0.3) is 11.0 Å². The van der Waals surface area contributed by atoms with Crippen LogP contribution in [0.5, 0.6) is 0 Å². The van der Waals surface area contributed by atoms with Gasteiger partial charge >= 0.3 is 5.69 Å². The second-order valence-electron chi connectivity index (χ2n) is 4.64. The fourth-order valence-electron chi connectivity index (χ4n) is 2.06. The highest BCUT2D eigenvalue weighted by molar-refractivity contribution is 7.08. The fourth-order valence-corrected chi connectivity index (χ4v) is 2.84. The van der Waals surface area contributed by atoms with E-state index in [1.54, 1.807) is 36.6 Å². The molecule has 3 aromatic rings. The predicted molar refractivity (Wildman–Crippen MR) is 80.5 cm³/mol. The van der Waals surface area contributed by atoms with Gasteiger partial charge in [-0.25, -0.2) is 4.79 Å². The van der Waals surface area contributed by atoms with Gasteiger partial charge in [-0.2, -0.15) is 0 Å². The van der Waals surface area contributed by atoms with Crippen LogP contribution < -0.4 is 11.0 Å². The molecule has 0 bridgehead atoms. The molecule has 0 aliphatic carbocycles. The van der Waals surface area contributed by atoms with Crippen LogP contribution in [-0.4, -0.2) is 15.5 Å². The predicted octanol–water partition coefficient (Wildman–Crippen LogP) is 2.49. The van der Waals surface area contributed by atoms with E-state index in [1.807, 2.05) is 17.7 Å². The van der Waals surface area contributed by atoms with Crippen molar-refractivity contribution in [1.29, 1.82) is 0 Å². The smallest absolute Gasteiger partial charge is 0.321 e. The molecule has 1 amide bonds. The Morgan fingerprint density at radius 1 is 1.35 bits per heavy atom. The minimum Gasteiger partial charge on any atom is -0.321 e. The van der Waals surface area contributed by atoms with Crippen LogP contribution in [0.15, 0.2) is 33.8 Å². The molecule has 5 nitrogen and oxygen atoms in total. The van der Waals surface area contributed by atoms with E-state index in [1.165, 1.54) is 4.57 Å². The zero-order valence-electron chi connectivity index (χ0n) is 11.1. The van der Waals surface area contributed by atoms with E-state index in [4.69, 9.17) is 0 Å². The molecule has 0 unspecified atom stereocenters. The standard InChI is InChI=1S/C14H13N3O2S/c1-8-6-20-7-11(8)15-13(18)9-3-4-12-10(5-9)16-14(19)17(12)2/h3-7H,1-2H3,(H,15,18)(H,16,19). The Morgan fingerprint density at radius 3 is 2.85 bits per heavy atom. The lowest BCUT2D eigenvalue weighted by molar-refractivity contribution is 0.102. The number of nitrogens with zero attached hydrogens (tertiary/aromatic N) is 1. The van der Waals surface area contributed by atoms with Gasteiger partial charge in [0, 0.05) is 18.0 Å². The molecule has 0 saturated heterocycles. The van der Waals surface area contributed by atoms with Crippen LogP contribution in [0, 0.1) is 6.92 Å². The lowest BCUT2D eigenvalue weighted by Gasteiger charge is -2.04. The van der Waals surface area contributed by atoms with Crippen LogP contribution in [0.3, 0.4) is 0 Å². The molecule has 2 aromatic heterocycles. The molecular weight excluding hydrogens is 274 g/mol. The minimum absolute atomic E-state index is 0.182. The molecule has 0 saturated carbocycles. The van der Waals surface area contributed by atoms with Gasteiger partial charge in [0.15, 0.2) is 0 Å². The van der Waals surface area contributed by atoms with Gasteiger partial charge in [-0.05, 0) is 36.1 Å². The number of anilines is 1. The Bertz CT molecular complexity index is 857. The summed E-state index contributed by atoms with van der Waals surface area (Å²) in [6.45, 7) is 1.95. The Labute approximate surface area is 118 Å². The molecule has 0 spiro atoms. The van der Waals surface area contributed by atoms with E-state index in [-0.39, 0.29) is 11.6 Å². The van der Waals surface area contributed by atoms with Crippen molar-refractivity contribution in [3.05, 3.63) is 50.6 Å². The average Bonchev–Trinajstić information content (AvgIpc) is 2.95. The number of benzene rings is 1. The highest BCUT2D eigenvalue weighted by Gasteiger charge is 2.11. The van der Waals surface area contributed by atoms with Gasteiger partial charge in [-0.3, -0.25) is 9.36 Å². The number of hydrogen-bond acceptors (Lipinski definition) is 3. The molecule has 2 N–H and O–H groups in total. The van der Waals surface area contributed by atoms with Crippen molar-refractivity contribution in [2.24, 2.45) is 7.05 Å². The highest BCUT2D eigenvalue weighted by atomic mass is 32.1. The van der Waals surface area contributed by atoms with Crippen molar-refractivity contribution < 1.29 is 4.79 Å². The Morgan fingerprint density at radius 2 is 2.15 bits per heavy atom. The number of carbonyl (C=O) groups excluding carboxylic acids is 1. The second kappa shape index (κ2) is 4.64. The van der Waals surface area contributed by atoms with E-state index in [0.29, 0.717) is 11.1 Å². The first-order valence-electron chi connectivity index (χ1n) is 6.09. The quantitative estimate of drug-likeness (QED) is 0.760. The van der Waals surface area contributed by atoms with Crippen molar-refractivity contribution in [2.75, 3.05) is 5.32 Å². The SMILES string of the molecule is Cc1cscc1NC(=O)c1ccc2c(c1)[nH]c(=O)n2C. The molecule has 3 rings (SSSR count). The van der Waals surface area contributed by atoms with Crippen molar-refractivity contribution in [3.8, 4) is 0 Å². The number of fused-ring (bicyclic) bond motifs is 1. The molecule has 0 aliphatic rings. The molecule has 1 aromatic carbocycles. The largest absolute Gasteiger partial charge is 0.326 e. The number of carbonyl (C=O) groups is 1. The van der Waals surface area contributed by atoms with Crippen LogP contribution >= 0.6 is 11.3 Å². The van der Waals surface area contributed by atoms with Crippen LogP contribution in [0.2, 0.25) is 0 Å². The molecular formula is C14H13N3O2S. The third-order valence-corrected chi connectivity index (χ3v) is 4.13. The van der Waals surface area contributed by atoms with Crippen LogP contribution in [0.4, 0.5) is 5.69 Å². The summed E-state index contributed by atoms with van der Waals surface area (Å²) in [6, 6.07) is 5.17.